The molecule has 2 aromatic carbocycles. The van der Waals surface area contributed by atoms with Gasteiger partial charge >= 0.3 is 0 Å². The van der Waals surface area contributed by atoms with Crippen LogP contribution in [0, 0.1) is 5.82 Å². The number of nitrogens with zero attached hydrogens (tertiary/aromatic N) is 1. The number of sulfonamides is 1. The van der Waals surface area contributed by atoms with Crippen molar-refractivity contribution in [3.63, 3.8) is 0 Å². The summed E-state index contributed by atoms with van der Waals surface area (Å²) in [5.41, 5.74) is 0.490. The van der Waals surface area contributed by atoms with Gasteiger partial charge < -0.3 is 10.1 Å². The molecule has 0 saturated heterocycles. The molecule has 6 nitrogen and oxygen atoms in total. The van der Waals surface area contributed by atoms with Crippen LogP contribution in [0.4, 0.5) is 10.1 Å². The van der Waals surface area contributed by atoms with Gasteiger partial charge in [-0.1, -0.05) is 32.0 Å². The molecule has 0 aliphatic heterocycles. The summed E-state index contributed by atoms with van der Waals surface area (Å²) in [4.78, 5) is 12.5. The number of amides is 1. The molecule has 30 heavy (non-hydrogen) atoms. The van der Waals surface area contributed by atoms with Crippen molar-refractivity contribution in [1.82, 2.24) is 4.31 Å². The van der Waals surface area contributed by atoms with E-state index in [1.165, 1.54) is 40.7 Å². The minimum Gasteiger partial charge on any atom is -0.489 e. The van der Waals surface area contributed by atoms with Crippen molar-refractivity contribution in [3.8, 4) is 5.75 Å². The van der Waals surface area contributed by atoms with Crippen LogP contribution in [0.5, 0.6) is 5.75 Å². The number of anilines is 1. The third kappa shape index (κ3) is 5.90. The van der Waals surface area contributed by atoms with Crippen molar-refractivity contribution < 1.29 is 22.3 Å². The fourth-order valence-corrected chi connectivity index (χ4v) is 4.27. The first kappa shape index (κ1) is 23.6. The van der Waals surface area contributed by atoms with Gasteiger partial charge in [-0.05, 0) is 44.2 Å². The number of hydrogen-bond acceptors (Lipinski definition) is 4. The molecule has 0 saturated carbocycles. The van der Waals surface area contributed by atoms with Crippen molar-refractivity contribution in [1.29, 1.82) is 0 Å². The highest BCUT2D eigenvalue weighted by Crippen LogP contribution is 2.30. The van der Waals surface area contributed by atoms with Crippen LogP contribution in [0.25, 0.3) is 6.08 Å². The van der Waals surface area contributed by atoms with Gasteiger partial charge in [0.2, 0.25) is 15.9 Å². The predicted octanol–water partition coefficient (Wildman–Crippen LogP) is 4.30. The molecule has 0 aromatic heterocycles. The van der Waals surface area contributed by atoms with Crippen molar-refractivity contribution >= 4 is 27.7 Å². The fraction of sp³-hybridized carbons (Fsp3) is 0.318. The molecule has 0 bridgehead atoms. The number of benzene rings is 2. The first-order valence-electron chi connectivity index (χ1n) is 9.73. The molecular formula is C22H27FN2O4S. The summed E-state index contributed by atoms with van der Waals surface area (Å²) in [5.74, 6) is -0.641. The molecule has 1 N–H and O–H groups in total. The average Bonchev–Trinajstić information content (AvgIpc) is 2.69. The Morgan fingerprint density at radius 1 is 1.17 bits per heavy atom. The maximum atomic E-state index is 13.7. The molecule has 0 aliphatic rings. The van der Waals surface area contributed by atoms with E-state index in [2.05, 4.69) is 5.32 Å². The second-order valence-electron chi connectivity index (χ2n) is 6.76. The summed E-state index contributed by atoms with van der Waals surface area (Å²) in [6, 6.07) is 10.4. The zero-order valence-electron chi connectivity index (χ0n) is 17.6. The Labute approximate surface area is 177 Å². The fourth-order valence-electron chi connectivity index (χ4n) is 2.79. The van der Waals surface area contributed by atoms with E-state index < -0.39 is 21.7 Å². The summed E-state index contributed by atoms with van der Waals surface area (Å²) < 4.78 is 46.4. The number of carbonyl (C=O) groups is 1. The Morgan fingerprint density at radius 3 is 2.43 bits per heavy atom. The SMILES string of the molecule is CCN(CC)S(=O)(=O)c1ccc(OC(C)C)c(NC(=O)/C=C/c2ccccc2F)c1. The van der Waals surface area contributed by atoms with Gasteiger partial charge in [-0.3, -0.25) is 4.79 Å². The minimum atomic E-state index is -3.71. The third-order valence-corrected chi connectivity index (χ3v) is 6.28. The Morgan fingerprint density at radius 2 is 1.83 bits per heavy atom. The molecule has 0 spiro atoms. The topological polar surface area (TPSA) is 75.7 Å². The molecule has 0 aliphatic carbocycles. The van der Waals surface area contributed by atoms with E-state index in [0.29, 0.717) is 18.8 Å². The summed E-state index contributed by atoms with van der Waals surface area (Å²) in [6.07, 6.45) is 2.35. The lowest BCUT2D eigenvalue weighted by atomic mass is 10.2. The van der Waals surface area contributed by atoms with E-state index in [-0.39, 0.29) is 22.3 Å². The number of rotatable bonds is 9. The van der Waals surface area contributed by atoms with Gasteiger partial charge in [0, 0.05) is 24.7 Å². The van der Waals surface area contributed by atoms with Crippen molar-refractivity contribution in [2.24, 2.45) is 0 Å². The van der Waals surface area contributed by atoms with Gasteiger partial charge in [-0.2, -0.15) is 4.31 Å². The highest BCUT2D eigenvalue weighted by atomic mass is 32.2. The van der Waals surface area contributed by atoms with Crippen molar-refractivity contribution in [2.75, 3.05) is 18.4 Å². The number of carbonyl (C=O) groups excluding carboxylic acids is 1. The van der Waals surface area contributed by atoms with Crippen LogP contribution in [-0.4, -0.2) is 37.8 Å². The van der Waals surface area contributed by atoms with E-state index in [0.717, 1.165) is 0 Å². The van der Waals surface area contributed by atoms with Gasteiger partial charge in [0.25, 0.3) is 0 Å². The predicted molar refractivity (Wildman–Crippen MR) is 116 cm³/mol. The molecule has 0 fully saturated rings. The second-order valence-corrected chi connectivity index (χ2v) is 8.70. The smallest absolute Gasteiger partial charge is 0.248 e. The van der Waals surface area contributed by atoms with Crippen LogP contribution in [0.3, 0.4) is 0 Å². The lowest BCUT2D eigenvalue weighted by Crippen LogP contribution is -2.30. The van der Waals surface area contributed by atoms with Gasteiger partial charge in [0.15, 0.2) is 0 Å². The zero-order chi connectivity index (χ0) is 22.3. The number of nitrogens with one attached hydrogen (secondary N) is 1. The Kier molecular flexibility index (Phi) is 8.14. The first-order chi connectivity index (χ1) is 14.2. The second kappa shape index (κ2) is 10.4. The van der Waals surface area contributed by atoms with E-state index in [1.54, 1.807) is 32.0 Å². The molecule has 0 atom stereocenters. The van der Waals surface area contributed by atoms with E-state index in [1.807, 2.05) is 13.8 Å². The van der Waals surface area contributed by atoms with E-state index >= 15 is 0 Å². The molecule has 0 unspecified atom stereocenters. The highest BCUT2D eigenvalue weighted by molar-refractivity contribution is 7.89. The van der Waals surface area contributed by atoms with Crippen LogP contribution < -0.4 is 10.1 Å². The molecule has 1 amide bonds. The van der Waals surface area contributed by atoms with Crippen LogP contribution in [-0.2, 0) is 14.8 Å². The molecule has 0 radical (unpaired) electrons. The summed E-state index contributed by atoms with van der Waals surface area (Å²) in [7, 11) is -3.71. The maximum absolute atomic E-state index is 13.7. The molecule has 8 heteroatoms. The van der Waals surface area contributed by atoms with Crippen molar-refractivity contribution in [2.45, 2.75) is 38.7 Å². The van der Waals surface area contributed by atoms with Gasteiger partial charge in [0.05, 0.1) is 16.7 Å². The normalized spacial score (nSPS) is 12.0. The zero-order valence-corrected chi connectivity index (χ0v) is 18.4. The molecule has 2 aromatic rings. The van der Waals surface area contributed by atoms with Gasteiger partial charge in [-0.15, -0.1) is 0 Å². The van der Waals surface area contributed by atoms with Crippen LogP contribution in [0.15, 0.2) is 53.4 Å². The standard InChI is InChI=1S/C22H27FN2O4S/c1-5-25(6-2)30(27,28)18-12-13-21(29-16(3)4)20(15-18)24-22(26)14-11-17-9-7-8-10-19(17)23/h7-16H,5-6H2,1-4H3,(H,24,26)/b14-11+. The van der Waals surface area contributed by atoms with Gasteiger partial charge in [-0.25, -0.2) is 12.8 Å². The van der Waals surface area contributed by atoms with E-state index in [9.17, 15) is 17.6 Å². The summed E-state index contributed by atoms with van der Waals surface area (Å²) in [6.45, 7) is 7.82. The average molecular weight is 435 g/mol. The minimum absolute atomic E-state index is 0.0516. The highest BCUT2D eigenvalue weighted by Gasteiger charge is 2.23. The monoisotopic (exact) mass is 434 g/mol. The first-order valence-corrected chi connectivity index (χ1v) is 11.2. The van der Waals surface area contributed by atoms with Crippen molar-refractivity contribution in [3.05, 3.63) is 59.9 Å². The number of hydrogen-bond donors (Lipinski definition) is 1. The van der Waals surface area contributed by atoms with Crippen LogP contribution in [0.2, 0.25) is 0 Å². The lowest BCUT2D eigenvalue weighted by molar-refractivity contribution is -0.111. The summed E-state index contributed by atoms with van der Waals surface area (Å²) >= 11 is 0. The number of halogens is 1. The van der Waals surface area contributed by atoms with E-state index in [4.69, 9.17) is 4.74 Å². The van der Waals surface area contributed by atoms with Gasteiger partial charge in [0.1, 0.15) is 11.6 Å². The van der Waals surface area contributed by atoms with Crippen LogP contribution >= 0.6 is 0 Å². The quantitative estimate of drug-likeness (QED) is 0.597. The Balaban J connectivity index is 2.36. The lowest BCUT2D eigenvalue weighted by Gasteiger charge is -2.20. The largest absolute Gasteiger partial charge is 0.489 e. The molecule has 0 heterocycles. The Hall–Kier alpha value is -2.71. The number of ether oxygens (including phenoxy) is 1. The molecule has 162 valence electrons. The summed E-state index contributed by atoms with van der Waals surface area (Å²) in [5, 5.41) is 2.64. The molecule has 2 rings (SSSR count). The Bertz CT molecular complexity index is 1020. The third-order valence-electron chi connectivity index (χ3n) is 4.23. The van der Waals surface area contributed by atoms with Crippen LogP contribution in [0.1, 0.15) is 33.3 Å². The maximum Gasteiger partial charge on any atom is 0.248 e. The molecular weight excluding hydrogens is 407 g/mol.